The molecule has 88 valence electrons. The fourth-order valence-electron chi connectivity index (χ4n) is 1.36. The number of rotatable bonds is 5. The van der Waals surface area contributed by atoms with Crippen LogP contribution in [0.15, 0.2) is 24.3 Å². The number of nitrogens with two attached hydrogens (primary N) is 1. The van der Waals surface area contributed by atoms with Crippen molar-refractivity contribution in [2.75, 3.05) is 5.32 Å². The molecule has 0 aliphatic heterocycles. The maximum absolute atomic E-state index is 10.6. The van der Waals surface area contributed by atoms with E-state index < -0.39 is 12.0 Å². The zero-order chi connectivity index (χ0) is 12.1. The number of hydrogen-bond donors (Lipinski definition) is 3. The van der Waals surface area contributed by atoms with Gasteiger partial charge in [-0.05, 0) is 31.0 Å². The minimum Gasteiger partial charge on any atom is -0.480 e. The summed E-state index contributed by atoms with van der Waals surface area (Å²) in [5.74, 6) is -0.996. The molecule has 0 bridgehead atoms. The van der Waals surface area contributed by atoms with E-state index in [-0.39, 0.29) is 5.50 Å². The summed E-state index contributed by atoms with van der Waals surface area (Å²) in [7, 11) is 0. The number of alkyl halides is 1. The maximum atomic E-state index is 10.6. The van der Waals surface area contributed by atoms with E-state index in [1.54, 1.807) is 0 Å². The Hall–Kier alpha value is -1.26. The summed E-state index contributed by atoms with van der Waals surface area (Å²) in [5, 5.41) is 11.7. The second-order valence-electron chi connectivity index (χ2n) is 3.61. The molecule has 0 aliphatic rings. The van der Waals surface area contributed by atoms with E-state index >= 15 is 0 Å². The third-order valence-electron chi connectivity index (χ3n) is 2.07. The molecular formula is C11H15ClN2O2. The first kappa shape index (κ1) is 12.8. The van der Waals surface area contributed by atoms with Gasteiger partial charge in [-0.1, -0.05) is 23.7 Å². The minimum absolute atomic E-state index is 0.177. The molecule has 4 nitrogen and oxygen atoms in total. The zero-order valence-electron chi connectivity index (χ0n) is 8.98. The van der Waals surface area contributed by atoms with Gasteiger partial charge in [-0.2, -0.15) is 0 Å². The molecule has 2 unspecified atom stereocenters. The number of carboxylic acid groups (broad SMARTS) is 1. The van der Waals surface area contributed by atoms with E-state index in [0.29, 0.717) is 6.42 Å². The van der Waals surface area contributed by atoms with Crippen LogP contribution >= 0.6 is 11.6 Å². The van der Waals surface area contributed by atoms with Crippen LogP contribution in [0.5, 0.6) is 0 Å². The quantitative estimate of drug-likeness (QED) is 0.542. The van der Waals surface area contributed by atoms with Gasteiger partial charge in [-0.15, -0.1) is 0 Å². The topological polar surface area (TPSA) is 75.3 Å². The Labute approximate surface area is 99.4 Å². The van der Waals surface area contributed by atoms with Crippen LogP contribution in [0.4, 0.5) is 5.69 Å². The SMILES string of the molecule is CC(Cl)Nc1cccc(CC(N)C(=O)O)c1. The number of nitrogens with one attached hydrogen (secondary N) is 1. The molecule has 0 saturated heterocycles. The average Bonchev–Trinajstić information content (AvgIpc) is 2.16. The highest BCUT2D eigenvalue weighted by molar-refractivity contribution is 6.21. The van der Waals surface area contributed by atoms with Crippen molar-refractivity contribution in [2.45, 2.75) is 24.9 Å². The van der Waals surface area contributed by atoms with Gasteiger partial charge in [-0.25, -0.2) is 0 Å². The van der Waals surface area contributed by atoms with E-state index in [0.717, 1.165) is 11.3 Å². The van der Waals surface area contributed by atoms with Crippen molar-refractivity contribution in [1.82, 2.24) is 0 Å². The number of anilines is 1. The molecule has 1 rings (SSSR count). The van der Waals surface area contributed by atoms with Crippen LogP contribution in [0, 0.1) is 0 Å². The second kappa shape index (κ2) is 5.72. The van der Waals surface area contributed by atoms with Gasteiger partial charge in [0.15, 0.2) is 0 Å². The van der Waals surface area contributed by atoms with Gasteiger partial charge in [0.05, 0.1) is 5.50 Å². The van der Waals surface area contributed by atoms with Gasteiger partial charge in [0.2, 0.25) is 0 Å². The number of hydrogen-bond acceptors (Lipinski definition) is 3. The molecule has 0 amide bonds. The third-order valence-corrected chi connectivity index (χ3v) is 2.17. The largest absolute Gasteiger partial charge is 0.480 e. The van der Waals surface area contributed by atoms with Gasteiger partial charge in [0.25, 0.3) is 0 Å². The summed E-state index contributed by atoms with van der Waals surface area (Å²) in [6, 6.07) is 6.53. The van der Waals surface area contributed by atoms with Crippen molar-refractivity contribution in [3.63, 3.8) is 0 Å². The lowest BCUT2D eigenvalue weighted by molar-refractivity contribution is -0.138. The summed E-state index contributed by atoms with van der Waals surface area (Å²) in [6.45, 7) is 1.82. The van der Waals surface area contributed by atoms with Crippen molar-refractivity contribution in [3.05, 3.63) is 29.8 Å². The highest BCUT2D eigenvalue weighted by atomic mass is 35.5. The molecule has 0 aliphatic carbocycles. The molecule has 4 N–H and O–H groups in total. The molecule has 1 aromatic carbocycles. The Balaban J connectivity index is 2.70. The fourth-order valence-corrected chi connectivity index (χ4v) is 1.48. The Morgan fingerprint density at radius 1 is 1.62 bits per heavy atom. The number of carboxylic acids is 1. The van der Waals surface area contributed by atoms with E-state index in [1.165, 1.54) is 0 Å². The van der Waals surface area contributed by atoms with E-state index in [2.05, 4.69) is 5.32 Å². The molecule has 0 fully saturated rings. The first-order valence-electron chi connectivity index (χ1n) is 4.97. The number of benzene rings is 1. The highest BCUT2D eigenvalue weighted by Crippen LogP contribution is 2.14. The van der Waals surface area contributed by atoms with Crippen LogP contribution in [-0.2, 0) is 11.2 Å². The molecule has 0 aromatic heterocycles. The van der Waals surface area contributed by atoms with E-state index in [1.807, 2.05) is 31.2 Å². The molecular weight excluding hydrogens is 228 g/mol. The molecule has 16 heavy (non-hydrogen) atoms. The van der Waals surface area contributed by atoms with Crippen molar-refractivity contribution in [1.29, 1.82) is 0 Å². The van der Waals surface area contributed by atoms with Crippen LogP contribution in [0.3, 0.4) is 0 Å². The highest BCUT2D eigenvalue weighted by Gasteiger charge is 2.12. The summed E-state index contributed by atoms with van der Waals surface area (Å²) in [6.07, 6.45) is 0.307. The van der Waals surface area contributed by atoms with Crippen LogP contribution in [-0.4, -0.2) is 22.6 Å². The predicted molar refractivity (Wildman–Crippen MR) is 64.7 cm³/mol. The number of halogens is 1. The lowest BCUT2D eigenvalue weighted by atomic mass is 10.1. The summed E-state index contributed by atoms with van der Waals surface area (Å²) >= 11 is 5.79. The maximum Gasteiger partial charge on any atom is 0.320 e. The van der Waals surface area contributed by atoms with Crippen molar-refractivity contribution in [3.8, 4) is 0 Å². The van der Waals surface area contributed by atoms with E-state index in [9.17, 15) is 4.79 Å². The standard InChI is InChI=1S/C11H15ClN2O2/c1-7(12)14-9-4-2-3-8(5-9)6-10(13)11(15)16/h2-5,7,10,14H,6,13H2,1H3,(H,15,16). The molecule has 0 saturated carbocycles. The Bertz CT molecular complexity index is 369. The predicted octanol–water partition coefficient (Wildman–Crippen LogP) is 1.64. The molecule has 0 spiro atoms. The molecule has 0 heterocycles. The van der Waals surface area contributed by atoms with Crippen molar-refractivity contribution < 1.29 is 9.90 Å². The summed E-state index contributed by atoms with van der Waals surface area (Å²) in [5.41, 5.74) is 7.01. The number of carbonyl (C=O) groups is 1. The van der Waals surface area contributed by atoms with Gasteiger partial charge < -0.3 is 16.2 Å². The first-order chi connectivity index (χ1) is 7.49. The van der Waals surface area contributed by atoms with Crippen LogP contribution in [0.1, 0.15) is 12.5 Å². The van der Waals surface area contributed by atoms with Gasteiger partial charge >= 0.3 is 5.97 Å². The van der Waals surface area contributed by atoms with Crippen LogP contribution < -0.4 is 11.1 Å². The second-order valence-corrected chi connectivity index (χ2v) is 4.26. The normalized spacial score (nSPS) is 14.2. The summed E-state index contributed by atoms with van der Waals surface area (Å²) in [4.78, 5) is 10.6. The molecule has 0 radical (unpaired) electrons. The molecule has 5 heteroatoms. The van der Waals surface area contributed by atoms with E-state index in [4.69, 9.17) is 22.4 Å². The van der Waals surface area contributed by atoms with Gasteiger partial charge in [-0.3, -0.25) is 4.79 Å². The average molecular weight is 243 g/mol. The molecule has 2 atom stereocenters. The minimum atomic E-state index is -0.996. The first-order valence-corrected chi connectivity index (χ1v) is 5.40. The Morgan fingerprint density at radius 3 is 2.88 bits per heavy atom. The lowest BCUT2D eigenvalue weighted by Gasteiger charge is -2.11. The van der Waals surface area contributed by atoms with Crippen LogP contribution in [0.2, 0.25) is 0 Å². The molecule has 1 aromatic rings. The smallest absolute Gasteiger partial charge is 0.320 e. The van der Waals surface area contributed by atoms with Crippen molar-refractivity contribution >= 4 is 23.3 Å². The van der Waals surface area contributed by atoms with Gasteiger partial charge in [0.1, 0.15) is 6.04 Å². The Kier molecular flexibility index (Phi) is 4.58. The lowest BCUT2D eigenvalue weighted by Crippen LogP contribution is -2.32. The third kappa shape index (κ3) is 4.08. The summed E-state index contributed by atoms with van der Waals surface area (Å²) < 4.78 is 0. The monoisotopic (exact) mass is 242 g/mol. The Morgan fingerprint density at radius 2 is 2.31 bits per heavy atom. The van der Waals surface area contributed by atoms with Crippen LogP contribution in [0.25, 0.3) is 0 Å². The van der Waals surface area contributed by atoms with Crippen molar-refractivity contribution in [2.24, 2.45) is 5.73 Å². The van der Waals surface area contributed by atoms with Gasteiger partial charge in [0, 0.05) is 5.69 Å². The fraction of sp³-hybridized carbons (Fsp3) is 0.364. The zero-order valence-corrected chi connectivity index (χ0v) is 9.74. The number of aliphatic carboxylic acids is 1.